The largest absolute Gasteiger partial charge is 0.395 e. The van der Waals surface area contributed by atoms with Gasteiger partial charge in [-0.05, 0) is 19.8 Å². The van der Waals surface area contributed by atoms with Gasteiger partial charge in [0.15, 0.2) is 0 Å². The lowest BCUT2D eigenvalue weighted by Crippen LogP contribution is -2.47. The number of nitrogens with one attached hydrogen (secondary N) is 1. The Labute approximate surface area is 102 Å². The van der Waals surface area contributed by atoms with Gasteiger partial charge in [-0.25, -0.2) is 0 Å². The molecule has 0 radical (unpaired) electrons. The molecule has 1 aliphatic rings. The summed E-state index contributed by atoms with van der Waals surface area (Å²) < 4.78 is 0. The molecule has 5 heteroatoms. The zero-order valence-corrected chi connectivity index (χ0v) is 10.4. The van der Waals surface area contributed by atoms with Gasteiger partial charge >= 0.3 is 11.8 Å². The van der Waals surface area contributed by atoms with Crippen molar-refractivity contribution in [3.8, 4) is 0 Å². The fourth-order valence-corrected chi connectivity index (χ4v) is 2.16. The number of amides is 2. The Morgan fingerprint density at radius 2 is 1.94 bits per heavy atom. The van der Waals surface area contributed by atoms with Gasteiger partial charge in [0.1, 0.15) is 0 Å². The quantitative estimate of drug-likeness (QED) is 0.696. The second kappa shape index (κ2) is 7.27. The zero-order valence-electron chi connectivity index (χ0n) is 10.4. The van der Waals surface area contributed by atoms with Crippen LogP contribution in [0.1, 0.15) is 39.0 Å². The molecule has 98 valence electrons. The molecule has 0 aromatic carbocycles. The van der Waals surface area contributed by atoms with E-state index >= 15 is 0 Å². The van der Waals surface area contributed by atoms with Crippen molar-refractivity contribution in [3.63, 3.8) is 0 Å². The second-order valence-corrected chi connectivity index (χ2v) is 4.42. The van der Waals surface area contributed by atoms with Crippen molar-refractivity contribution in [1.29, 1.82) is 0 Å². The Morgan fingerprint density at radius 1 is 1.29 bits per heavy atom. The maximum atomic E-state index is 11.7. The first-order valence-electron chi connectivity index (χ1n) is 6.39. The molecule has 1 aliphatic carbocycles. The van der Waals surface area contributed by atoms with Crippen LogP contribution in [-0.2, 0) is 9.59 Å². The number of aliphatic hydroxyl groups is 1. The summed E-state index contributed by atoms with van der Waals surface area (Å²) in [6.07, 6.45) is 5.38. The highest BCUT2D eigenvalue weighted by molar-refractivity contribution is 6.35. The zero-order chi connectivity index (χ0) is 12.7. The lowest BCUT2D eigenvalue weighted by molar-refractivity contribution is -0.146. The number of carbonyl (C=O) groups excluding carboxylic acids is 2. The van der Waals surface area contributed by atoms with Crippen molar-refractivity contribution in [1.82, 2.24) is 10.2 Å². The van der Waals surface area contributed by atoms with Crippen molar-refractivity contribution in [2.24, 2.45) is 0 Å². The Morgan fingerprint density at radius 3 is 2.47 bits per heavy atom. The minimum Gasteiger partial charge on any atom is -0.395 e. The Balaban J connectivity index is 2.41. The lowest BCUT2D eigenvalue weighted by atomic mass is 9.95. The SMILES string of the molecule is CCN(CCO)C(=O)C(=O)NC1CCCCC1. The van der Waals surface area contributed by atoms with Gasteiger partial charge < -0.3 is 15.3 Å². The van der Waals surface area contributed by atoms with E-state index in [9.17, 15) is 9.59 Å². The summed E-state index contributed by atoms with van der Waals surface area (Å²) >= 11 is 0. The summed E-state index contributed by atoms with van der Waals surface area (Å²) in [5.41, 5.74) is 0. The number of likely N-dealkylation sites (N-methyl/N-ethyl adjacent to an activating group) is 1. The molecule has 1 saturated carbocycles. The van der Waals surface area contributed by atoms with E-state index in [1.165, 1.54) is 11.3 Å². The van der Waals surface area contributed by atoms with Gasteiger partial charge in [0, 0.05) is 19.1 Å². The molecule has 0 aromatic rings. The van der Waals surface area contributed by atoms with Gasteiger partial charge in [-0.3, -0.25) is 9.59 Å². The highest BCUT2D eigenvalue weighted by atomic mass is 16.3. The van der Waals surface area contributed by atoms with E-state index in [0.29, 0.717) is 6.54 Å². The first kappa shape index (κ1) is 14.0. The summed E-state index contributed by atoms with van der Waals surface area (Å²) in [5, 5.41) is 11.6. The Kier molecular flexibility index (Phi) is 5.97. The molecular weight excluding hydrogens is 220 g/mol. The summed E-state index contributed by atoms with van der Waals surface area (Å²) in [6.45, 7) is 2.34. The number of hydrogen-bond donors (Lipinski definition) is 2. The van der Waals surface area contributed by atoms with Crippen LogP contribution in [0.15, 0.2) is 0 Å². The maximum absolute atomic E-state index is 11.7. The van der Waals surface area contributed by atoms with E-state index in [1.54, 1.807) is 6.92 Å². The van der Waals surface area contributed by atoms with Crippen LogP contribution in [-0.4, -0.2) is 47.6 Å². The van der Waals surface area contributed by atoms with Crippen LogP contribution in [0.2, 0.25) is 0 Å². The molecule has 0 saturated heterocycles. The van der Waals surface area contributed by atoms with Gasteiger partial charge in [-0.15, -0.1) is 0 Å². The maximum Gasteiger partial charge on any atom is 0.311 e. The van der Waals surface area contributed by atoms with E-state index in [1.807, 2.05) is 0 Å². The first-order chi connectivity index (χ1) is 8.19. The summed E-state index contributed by atoms with van der Waals surface area (Å²) in [4.78, 5) is 24.8. The van der Waals surface area contributed by atoms with Crippen molar-refractivity contribution >= 4 is 11.8 Å². The van der Waals surface area contributed by atoms with Crippen LogP contribution in [0.5, 0.6) is 0 Å². The highest BCUT2D eigenvalue weighted by Gasteiger charge is 2.23. The number of carbonyl (C=O) groups is 2. The minimum absolute atomic E-state index is 0.115. The number of hydrogen-bond acceptors (Lipinski definition) is 3. The molecule has 0 aliphatic heterocycles. The molecule has 0 atom stereocenters. The van der Waals surface area contributed by atoms with Gasteiger partial charge in [-0.2, -0.15) is 0 Å². The van der Waals surface area contributed by atoms with Crippen LogP contribution < -0.4 is 5.32 Å². The molecule has 2 amide bonds. The summed E-state index contributed by atoms with van der Waals surface area (Å²) in [7, 11) is 0. The van der Waals surface area contributed by atoms with Crippen LogP contribution in [0.3, 0.4) is 0 Å². The average Bonchev–Trinajstić information content (AvgIpc) is 2.36. The summed E-state index contributed by atoms with van der Waals surface area (Å²) in [6, 6.07) is 0.146. The fourth-order valence-electron chi connectivity index (χ4n) is 2.16. The van der Waals surface area contributed by atoms with Crippen molar-refractivity contribution < 1.29 is 14.7 Å². The van der Waals surface area contributed by atoms with Gasteiger partial charge in [0.25, 0.3) is 0 Å². The molecule has 0 heterocycles. The number of aliphatic hydroxyl groups excluding tert-OH is 1. The first-order valence-corrected chi connectivity index (χ1v) is 6.39. The van der Waals surface area contributed by atoms with Crippen molar-refractivity contribution in [2.75, 3.05) is 19.7 Å². The summed E-state index contributed by atoms with van der Waals surface area (Å²) in [5.74, 6) is -1.07. The smallest absolute Gasteiger partial charge is 0.311 e. The van der Waals surface area contributed by atoms with Crippen molar-refractivity contribution in [3.05, 3.63) is 0 Å². The predicted molar refractivity (Wildman–Crippen MR) is 64.4 cm³/mol. The molecule has 1 rings (SSSR count). The highest BCUT2D eigenvalue weighted by Crippen LogP contribution is 2.17. The fraction of sp³-hybridized carbons (Fsp3) is 0.833. The van der Waals surface area contributed by atoms with E-state index < -0.39 is 11.8 Å². The molecule has 1 fully saturated rings. The third-order valence-corrected chi connectivity index (χ3v) is 3.17. The van der Waals surface area contributed by atoms with E-state index in [4.69, 9.17) is 5.11 Å². The predicted octanol–water partition coefficient (Wildman–Crippen LogP) is 0.276. The molecule has 0 bridgehead atoms. The monoisotopic (exact) mass is 242 g/mol. The van der Waals surface area contributed by atoms with Gasteiger partial charge in [0.2, 0.25) is 0 Å². The third kappa shape index (κ3) is 4.34. The minimum atomic E-state index is -0.535. The van der Waals surface area contributed by atoms with E-state index in [2.05, 4.69) is 5.32 Å². The molecular formula is C12H22N2O3. The molecule has 17 heavy (non-hydrogen) atoms. The van der Waals surface area contributed by atoms with Crippen LogP contribution in [0.4, 0.5) is 0 Å². The normalized spacial score (nSPS) is 16.6. The molecule has 0 aromatic heterocycles. The molecule has 5 nitrogen and oxygen atoms in total. The van der Waals surface area contributed by atoms with Crippen LogP contribution >= 0.6 is 0 Å². The molecule has 0 unspecified atom stereocenters. The Bertz CT molecular complexity index is 262. The molecule has 0 spiro atoms. The average molecular weight is 242 g/mol. The van der Waals surface area contributed by atoms with Gasteiger partial charge in [-0.1, -0.05) is 19.3 Å². The topological polar surface area (TPSA) is 69.6 Å². The standard InChI is InChI=1S/C12H22N2O3/c1-2-14(8-9-15)12(17)11(16)13-10-6-4-3-5-7-10/h10,15H,2-9H2,1H3,(H,13,16). The van der Waals surface area contributed by atoms with E-state index in [0.717, 1.165) is 25.7 Å². The lowest BCUT2D eigenvalue weighted by Gasteiger charge is -2.24. The van der Waals surface area contributed by atoms with Crippen molar-refractivity contribution in [2.45, 2.75) is 45.1 Å². The van der Waals surface area contributed by atoms with Crippen LogP contribution in [0.25, 0.3) is 0 Å². The second-order valence-electron chi connectivity index (χ2n) is 4.42. The number of rotatable bonds is 4. The van der Waals surface area contributed by atoms with Gasteiger partial charge in [0.05, 0.1) is 6.61 Å². The van der Waals surface area contributed by atoms with Crippen LogP contribution in [0, 0.1) is 0 Å². The number of nitrogens with zero attached hydrogens (tertiary/aromatic N) is 1. The molecule has 2 N–H and O–H groups in total. The third-order valence-electron chi connectivity index (χ3n) is 3.17. The Hall–Kier alpha value is -1.10. The van der Waals surface area contributed by atoms with E-state index in [-0.39, 0.29) is 19.2 Å².